The van der Waals surface area contributed by atoms with E-state index in [0.717, 1.165) is 49.5 Å². The molecule has 4 heterocycles. The van der Waals surface area contributed by atoms with Gasteiger partial charge < -0.3 is 14.8 Å². The van der Waals surface area contributed by atoms with Gasteiger partial charge in [0, 0.05) is 49.4 Å². The fourth-order valence-electron chi connectivity index (χ4n) is 3.79. The predicted molar refractivity (Wildman–Crippen MR) is 112 cm³/mol. The average Bonchev–Trinajstić information content (AvgIpc) is 3.33. The first kappa shape index (κ1) is 18.9. The Morgan fingerprint density at radius 1 is 1.29 bits per heavy atom. The summed E-state index contributed by atoms with van der Waals surface area (Å²) in [5.41, 5.74) is 1.27. The third-order valence-electron chi connectivity index (χ3n) is 5.56. The monoisotopic (exact) mass is 398 g/mol. The second-order valence-corrected chi connectivity index (χ2v) is 8.57. The number of hydrogen-bond donors (Lipinski definition) is 1. The van der Waals surface area contributed by atoms with Crippen LogP contribution in [0.1, 0.15) is 29.7 Å². The van der Waals surface area contributed by atoms with Gasteiger partial charge in [0.05, 0.1) is 11.7 Å². The number of nitrogens with zero attached hydrogens (tertiary/aromatic N) is 5. The van der Waals surface area contributed by atoms with Gasteiger partial charge in [-0.1, -0.05) is 0 Å². The lowest BCUT2D eigenvalue weighted by Crippen LogP contribution is -2.41. The molecule has 1 saturated heterocycles. The summed E-state index contributed by atoms with van der Waals surface area (Å²) in [6, 6.07) is 0. The summed E-state index contributed by atoms with van der Waals surface area (Å²) >= 11 is 1.72. The summed E-state index contributed by atoms with van der Waals surface area (Å²) in [4.78, 5) is 30.2. The summed E-state index contributed by atoms with van der Waals surface area (Å²) in [5, 5.41) is 4.27. The molecule has 1 aliphatic heterocycles. The van der Waals surface area contributed by atoms with Crippen LogP contribution in [0.4, 0.5) is 5.82 Å². The van der Waals surface area contributed by atoms with Crippen LogP contribution in [0.25, 0.3) is 10.2 Å². The molecule has 3 aromatic heterocycles. The summed E-state index contributed by atoms with van der Waals surface area (Å²) < 4.78 is 2.03. The number of nitrogens with one attached hydrogen (secondary N) is 1. The number of aryl methyl sites for hydroxylation is 3. The number of aromatic nitrogens is 4. The van der Waals surface area contributed by atoms with E-state index in [2.05, 4.69) is 39.0 Å². The van der Waals surface area contributed by atoms with Crippen molar-refractivity contribution < 1.29 is 4.79 Å². The van der Waals surface area contributed by atoms with Crippen LogP contribution in [-0.4, -0.2) is 45.1 Å². The van der Waals surface area contributed by atoms with Crippen molar-refractivity contribution in [3.8, 4) is 0 Å². The zero-order chi connectivity index (χ0) is 19.5. The summed E-state index contributed by atoms with van der Waals surface area (Å²) in [6.07, 6.45) is 9.82. The molecule has 1 fully saturated rings. The van der Waals surface area contributed by atoms with Gasteiger partial charge in [-0.05, 0) is 38.7 Å². The third kappa shape index (κ3) is 3.87. The molecule has 0 saturated carbocycles. The fraction of sp³-hybridized carbons (Fsp3) is 0.500. The second kappa shape index (κ2) is 8.26. The van der Waals surface area contributed by atoms with E-state index in [1.807, 2.05) is 10.8 Å². The Labute approximate surface area is 168 Å². The molecule has 1 aliphatic rings. The van der Waals surface area contributed by atoms with Gasteiger partial charge in [0.15, 0.2) is 0 Å². The fourth-order valence-corrected chi connectivity index (χ4v) is 4.79. The topological polar surface area (TPSA) is 75.9 Å². The summed E-state index contributed by atoms with van der Waals surface area (Å²) in [7, 11) is 0. The molecule has 148 valence electrons. The van der Waals surface area contributed by atoms with Crippen molar-refractivity contribution in [3.63, 3.8) is 0 Å². The molecule has 0 atom stereocenters. The zero-order valence-electron chi connectivity index (χ0n) is 16.4. The van der Waals surface area contributed by atoms with Crippen LogP contribution in [0.2, 0.25) is 0 Å². The Bertz CT molecular complexity index is 943. The molecule has 0 unspecified atom stereocenters. The maximum Gasteiger partial charge on any atom is 0.223 e. The molecule has 4 rings (SSSR count). The number of carbonyl (C=O) groups is 1. The first-order valence-corrected chi connectivity index (χ1v) is 10.6. The van der Waals surface area contributed by atoms with E-state index in [9.17, 15) is 4.79 Å². The van der Waals surface area contributed by atoms with Gasteiger partial charge in [-0.3, -0.25) is 4.79 Å². The first-order chi connectivity index (χ1) is 13.6. The minimum atomic E-state index is 0.0899. The molecule has 0 radical (unpaired) electrons. The number of piperidine rings is 1. The van der Waals surface area contributed by atoms with Gasteiger partial charge in [0.1, 0.15) is 17.0 Å². The van der Waals surface area contributed by atoms with Crippen molar-refractivity contribution in [1.29, 1.82) is 0 Å². The lowest BCUT2D eigenvalue weighted by Gasteiger charge is -2.32. The normalized spacial score (nSPS) is 15.3. The van der Waals surface area contributed by atoms with Crippen molar-refractivity contribution in [2.45, 2.75) is 39.7 Å². The van der Waals surface area contributed by atoms with E-state index in [1.165, 1.54) is 15.8 Å². The Hall–Kier alpha value is -2.48. The smallest absolute Gasteiger partial charge is 0.223 e. The van der Waals surface area contributed by atoms with Gasteiger partial charge in [0.2, 0.25) is 5.91 Å². The Kier molecular flexibility index (Phi) is 5.57. The molecule has 0 aromatic carbocycles. The van der Waals surface area contributed by atoms with Gasteiger partial charge in [-0.2, -0.15) is 0 Å². The molecule has 28 heavy (non-hydrogen) atoms. The van der Waals surface area contributed by atoms with Gasteiger partial charge in [-0.25, -0.2) is 15.0 Å². The number of imidazole rings is 1. The largest absolute Gasteiger partial charge is 0.356 e. The molecular weight excluding hydrogens is 372 g/mol. The lowest BCUT2D eigenvalue weighted by molar-refractivity contribution is -0.125. The van der Waals surface area contributed by atoms with Gasteiger partial charge in [0.25, 0.3) is 0 Å². The number of anilines is 1. The highest BCUT2D eigenvalue weighted by Gasteiger charge is 2.27. The molecular formula is C20H26N6OS. The number of carbonyl (C=O) groups excluding carboxylic acids is 1. The van der Waals surface area contributed by atoms with Crippen molar-refractivity contribution in [3.05, 3.63) is 35.5 Å². The van der Waals surface area contributed by atoms with E-state index in [1.54, 1.807) is 30.2 Å². The number of hydrogen-bond acceptors (Lipinski definition) is 6. The quantitative estimate of drug-likeness (QED) is 0.646. The number of rotatable bonds is 6. The van der Waals surface area contributed by atoms with E-state index in [-0.39, 0.29) is 11.8 Å². The maximum absolute atomic E-state index is 12.5. The van der Waals surface area contributed by atoms with Crippen LogP contribution in [0.5, 0.6) is 0 Å². The number of amides is 1. The molecule has 7 nitrogen and oxygen atoms in total. The van der Waals surface area contributed by atoms with E-state index < -0.39 is 0 Å². The Morgan fingerprint density at radius 3 is 2.86 bits per heavy atom. The van der Waals surface area contributed by atoms with Crippen LogP contribution in [0.15, 0.2) is 25.0 Å². The first-order valence-electron chi connectivity index (χ1n) is 9.82. The molecule has 1 amide bonds. The van der Waals surface area contributed by atoms with Crippen molar-refractivity contribution in [1.82, 2.24) is 24.8 Å². The van der Waals surface area contributed by atoms with E-state index in [0.29, 0.717) is 6.54 Å². The second-order valence-electron chi connectivity index (χ2n) is 7.37. The molecule has 3 aromatic rings. The standard InChI is InChI=1S/C20H26N6OS/c1-14-15(2)28-20-17(14)18(23-12-24-20)26-9-4-16(5-10-26)19(27)22-6-3-8-25-11-7-21-13-25/h7,11-13,16H,3-6,8-10H2,1-2H3,(H,22,27). The molecule has 0 bridgehead atoms. The van der Waals surface area contributed by atoms with Crippen LogP contribution < -0.4 is 10.2 Å². The molecule has 1 N–H and O–H groups in total. The Balaban J connectivity index is 1.30. The van der Waals surface area contributed by atoms with Crippen molar-refractivity contribution in [2.75, 3.05) is 24.5 Å². The number of fused-ring (bicyclic) bond motifs is 1. The van der Waals surface area contributed by atoms with Crippen molar-refractivity contribution >= 4 is 33.3 Å². The minimum Gasteiger partial charge on any atom is -0.356 e. The summed E-state index contributed by atoms with van der Waals surface area (Å²) in [6.45, 7) is 7.57. The highest BCUT2D eigenvalue weighted by Crippen LogP contribution is 2.35. The highest BCUT2D eigenvalue weighted by atomic mass is 32.1. The predicted octanol–water partition coefficient (Wildman–Crippen LogP) is 2.93. The number of thiophene rings is 1. The highest BCUT2D eigenvalue weighted by molar-refractivity contribution is 7.18. The minimum absolute atomic E-state index is 0.0899. The SMILES string of the molecule is Cc1sc2ncnc(N3CCC(C(=O)NCCCn4ccnc4)CC3)c2c1C. The average molecular weight is 399 g/mol. The zero-order valence-corrected chi connectivity index (χ0v) is 17.2. The third-order valence-corrected chi connectivity index (χ3v) is 6.68. The van der Waals surface area contributed by atoms with Crippen LogP contribution in [-0.2, 0) is 11.3 Å². The van der Waals surface area contributed by atoms with Crippen LogP contribution in [0, 0.1) is 19.8 Å². The lowest BCUT2D eigenvalue weighted by atomic mass is 9.95. The molecule has 0 spiro atoms. The van der Waals surface area contributed by atoms with Crippen molar-refractivity contribution in [2.24, 2.45) is 5.92 Å². The maximum atomic E-state index is 12.5. The van der Waals surface area contributed by atoms with Gasteiger partial charge in [-0.15, -0.1) is 11.3 Å². The summed E-state index contributed by atoms with van der Waals surface area (Å²) in [5.74, 6) is 1.29. The van der Waals surface area contributed by atoms with E-state index >= 15 is 0 Å². The van der Waals surface area contributed by atoms with Crippen LogP contribution >= 0.6 is 11.3 Å². The van der Waals surface area contributed by atoms with E-state index in [4.69, 9.17) is 0 Å². The Morgan fingerprint density at radius 2 is 2.11 bits per heavy atom. The molecule has 8 heteroatoms. The van der Waals surface area contributed by atoms with Gasteiger partial charge >= 0.3 is 0 Å². The molecule has 0 aliphatic carbocycles. The van der Waals surface area contributed by atoms with Crippen LogP contribution in [0.3, 0.4) is 0 Å².